The van der Waals surface area contributed by atoms with Crippen molar-refractivity contribution < 1.29 is 23.8 Å². The Balaban J connectivity index is 1.61. The summed E-state index contributed by atoms with van der Waals surface area (Å²) >= 11 is 6.30. The first-order valence-electron chi connectivity index (χ1n) is 11.4. The number of phenolic OH excluding ortho intramolecular Hbond substituents is 1. The van der Waals surface area contributed by atoms with Gasteiger partial charge in [0.25, 0.3) is 5.91 Å². The van der Waals surface area contributed by atoms with Gasteiger partial charge in [-0.15, -0.1) is 0 Å². The highest BCUT2D eigenvalue weighted by Crippen LogP contribution is 2.39. The number of ether oxygens (including phenoxy) is 2. The van der Waals surface area contributed by atoms with Gasteiger partial charge in [0, 0.05) is 11.6 Å². The zero-order valence-corrected chi connectivity index (χ0v) is 20.8. The Hall–Kier alpha value is -3.97. The van der Waals surface area contributed by atoms with Crippen LogP contribution in [-0.2, 0) is 6.42 Å². The summed E-state index contributed by atoms with van der Waals surface area (Å²) in [6, 6.07) is 14.7. The summed E-state index contributed by atoms with van der Waals surface area (Å²) in [5.74, 6) is 0.863. The highest BCUT2D eigenvalue weighted by atomic mass is 35.5. The van der Waals surface area contributed by atoms with Gasteiger partial charge in [0.05, 0.1) is 31.2 Å². The quantitative estimate of drug-likeness (QED) is 0.384. The zero-order chi connectivity index (χ0) is 25.6. The first-order chi connectivity index (χ1) is 17.3. The molecule has 1 atom stereocenters. The Morgan fingerprint density at radius 1 is 1.03 bits per heavy atom. The Bertz CT molecular complexity index is 1560. The predicted octanol–water partition coefficient (Wildman–Crippen LogP) is 5.27. The summed E-state index contributed by atoms with van der Waals surface area (Å²) in [5.41, 5.74) is 2.52. The van der Waals surface area contributed by atoms with Gasteiger partial charge in [-0.25, -0.2) is 0 Å². The van der Waals surface area contributed by atoms with Crippen molar-refractivity contribution in [2.45, 2.75) is 19.4 Å². The van der Waals surface area contributed by atoms with Gasteiger partial charge in [-0.05, 0) is 66.4 Å². The number of rotatable bonds is 6. The molecule has 0 bridgehead atoms. The Morgan fingerprint density at radius 2 is 1.81 bits per heavy atom. The number of benzene rings is 3. The van der Waals surface area contributed by atoms with Crippen LogP contribution >= 0.6 is 11.6 Å². The normalized spacial score (nSPS) is 14.8. The maximum absolute atomic E-state index is 13.7. The minimum absolute atomic E-state index is 0.00915. The van der Waals surface area contributed by atoms with Gasteiger partial charge < -0.3 is 23.9 Å². The van der Waals surface area contributed by atoms with E-state index in [9.17, 15) is 14.7 Å². The van der Waals surface area contributed by atoms with Crippen molar-refractivity contribution in [3.63, 3.8) is 0 Å². The molecule has 184 valence electrons. The number of carbonyl (C=O) groups excluding carboxylic acids is 1. The number of hydrogen-bond acceptors (Lipinski definition) is 6. The minimum Gasteiger partial charge on any atom is -0.508 e. The van der Waals surface area contributed by atoms with E-state index in [1.807, 2.05) is 25.1 Å². The van der Waals surface area contributed by atoms with Crippen LogP contribution in [0.3, 0.4) is 0 Å². The van der Waals surface area contributed by atoms with E-state index in [-0.39, 0.29) is 28.4 Å². The second-order valence-electron chi connectivity index (χ2n) is 8.71. The lowest BCUT2D eigenvalue weighted by molar-refractivity contribution is 0.0730. The third-order valence-electron chi connectivity index (χ3n) is 6.52. The number of methoxy groups -OCH3 is 2. The molecule has 0 fully saturated rings. The van der Waals surface area contributed by atoms with Crippen LogP contribution in [0, 0.1) is 6.92 Å². The van der Waals surface area contributed by atoms with E-state index in [0.29, 0.717) is 46.0 Å². The standard InChI is InChI=1S/C28H24ClNO6/c1-15-11-22-19(14-20(15)29)26(32)24-25(17-5-4-6-18(31)13-17)30(28(33)27(24)36-22)10-9-16-7-8-21(34-2)23(12-16)35-3/h4-8,11-14,25,31H,9-10H2,1-3H3/t25-/m0/s1. The van der Waals surface area contributed by atoms with Gasteiger partial charge in [0.2, 0.25) is 5.76 Å². The molecule has 36 heavy (non-hydrogen) atoms. The molecule has 0 saturated heterocycles. The molecule has 0 saturated carbocycles. The van der Waals surface area contributed by atoms with Crippen LogP contribution in [0.4, 0.5) is 0 Å². The van der Waals surface area contributed by atoms with Gasteiger partial charge in [0.15, 0.2) is 16.9 Å². The third kappa shape index (κ3) is 3.95. The Labute approximate surface area is 212 Å². The van der Waals surface area contributed by atoms with Crippen LogP contribution in [0.25, 0.3) is 11.0 Å². The predicted molar refractivity (Wildman–Crippen MR) is 136 cm³/mol. The molecule has 1 aliphatic rings. The van der Waals surface area contributed by atoms with Gasteiger partial charge in [-0.1, -0.05) is 29.8 Å². The number of hydrogen-bond donors (Lipinski definition) is 1. The molecule has 7 nitrogen and oxygen atoms in total. The fourth-order valence-electron chi connectivity index (χ4n) is 4.70. The lowest BCUT2D eigenvalue weighted by atomic mass is 9.97. The van der Waals surface area contributed by atoms with Crippen LogP contribution in [0.2, 0.25) is 5.02 Å². The van der Waals surface area contributed by atoms with Crippen LogP contribution in [0.5, 0.6) is 17.2 Å². The van der Waals surface area contributed by atoms with Crippen molar-refractivity contribution in [2.24, 2.45) is 0 Å². The second-order valence-corrected chi connectivity index (χ2v) is 9.11. The first-order valence-corrected chi connectivity index (χ1v) is 11.8. The maximum atomic E-state index is 13.7. The molecule has 1 aliphatic heterocycles. The van der Waals surface area contributed by atoms with Crippen molar-refractivity contribution in [3.05, 3.63) is 97.9 Å². The molecule has 5 rings (SSSR count). The smallest absolute Gasteiger partial charge is 0.290 e. The summed E-state index contributed by atoms with van der Waals surface area (Å²) in [6.45, 7) is 2.11. The SMILES string of the molecule is COc1ccc(CCN2C(=O)c3oc4cc(C)c(Cl)cc4c(=O)c3[C@@H]2c2cccc(O)c2)cc1OC. The van der Waals surface area contributed by atoms with Gasteiger partial charge in [-0.2, -0.15) is 0 Å². The van der Waals surface area contributed by atoms with Crippen LogP contribution in [-0.4, -0.2) is 36.7 Å². The molecule has 4 aromatic rings. The molecule has 0 aliphatic carbocycles. The molecule has 2 heterocycles. The Morgan fingerprint density at radius 3 is 2.53 bits per heavy atom. The fourth-order valence-corrected chi connectivity index (χ4v) is 4.86. The highest BCUT2D eigenvalue weighted by molar-refractivity contribution is 6.32. The van der Waals surface area contributed by atoms with E-state index >= 15 is 0 Å². The van der Waals surface area contributed by atoms with Crippen LogP contribution in [0.1, 0.15) is 38.9 Å². The molecule has 3 aromatic carbocycles. The number of carbonyl (C=O) groups is 1. The number of phenols is 1. The molecule has 0 spiro atoms. The zero-order valence-electron chi connectivity index (χ0n) is 20.0. The van der Waals surface area contributed by atoms with E-state index in [2.05, 4.69) is 0 Å². The summed E-state index contributed by atoms with van der Waals surface area (Å²) in [4.78, 5) is 28.9. The first kappa shape index (κ1) is 23.8. The topological polar surface area (TPSA) is 89.2 Å². The van der Waals surface area contributed by atoms with Crippen molar-refractivity contribution in [2.75, 3.05) is 20.8 Å². The fraction of sp³-hybridized carbons (Fsp3) is 0.214. The lowest BCUT2D eigenvalue weighted by Gasteiger charge is -2.25. The summed E-state index contributed by atoms with van der Waals surface area (Å²) in [7, 11) is 3.14. The van der Waals surface area contributed by atoms with Crippen molar-refractivity contribution in [3.8, 4) is 17.2 Å². The van der Waals surface area contributed by atoms with E-state index in [4.69, 9.17) is 25.5 Å². The lowest BCUT2D eigenvalue weighted by Crippen LogP contribution is -2.31. The highest BCUT2D eigenvalue weighted by Gasteiger charge is 2.42. The molecule has 1 amide bonds. The minimum atomic E-state index is -0.722. The number of nitrogens with zero attached hydrogens (tertiary/aromatic N) is 1. The van der Waals surface area contributed by atoms with Gasteiger partial charge in [-0.3, -0.25) is 9.59 Å². The molecule has 0 unspecified atom stereocenters. The van der Waals surface area contributed by atoms with E-state index in [1.165, 1.54) is 0 Å². The second kappa shape index (κ2) is 9.24. The van der Waals surface area contributed by atoms with Gasteiger partial charge >= 0.3 is 0 Å². The van der Waals surface area contributed by atoms with E-state index in [1.54, 1.807) is 55.5 Å². The number of fused-ring (bicyclic) bond motifs is 2. The molecular formula is C28H24ClNO6. The van der Waals surface area contributed by atoms with Crippen LogP contribution in [0.15, 0.2) is 63.8 Å². The maximum Gasteiger partial charge on any atom is 0.290 e. The van der Waals surface area contributed by atoms with E-state index < -0.39 is 6.04 Å². The van der Waals surface area contributed by atoms with Crippen LogP contribution < -0.4 is 14.9 Å². The van der Waals surface area contributed by atoms with Gasteiger partial charge in [0.1, 0.15) is 11.3 Å². The number of amides is 1. The Kier molecular flexibility index (Phi) is 6.10. The number of aromatic hydroxyl groups is 1. The van der Waals surface area contributed by atoms with Crippen molar-refractivity contribution in [1.82, 2.24) is 4.90 Å². The monoisotopic (exact) mass is 505 g/mol. The number of halogens is 1. The average molecular weight is 506 g/mol. The van der Waals surface area contributed by atoms with E-state index in [0.717, 1.165) is 11.1 Å². The molecule has 0 radical (unpaired) electrons. The summed E-state index contributed by atoms with van der Waals surface area (Å²) < 4.78 is 16.7. The number of aryl methyl sites for hydroxylation is 1. The summed E-state index contributed by atoms with van der Waals surface area (Å²) in [5, 5.41) is 10.9. The van der Waals surface area contributed by atoms with Crippen molar-refractivity contribution in [1.29, 1.82) is 0 Å². The molecule has 1 N–H and O–H groups in total. The van der Waals surface area contributed by atoms with Crippen molar-refractivity contribution >= 4 is 28.5 Å². The third-order valence-corrected chi connectivity index (χ3v) is 6.93. The molecule has 8 heteroatoms. The average Bonchev–Trinajstić information content (AvgIpc) is 3.15. The molecular weight excluding hydrogens is 482 g/mol. The molecule has 1 aromatic heterocycles. The summed E-state index contributed by atoms with van der Waals surface area (Å²) in [6.07, 6.45) is 0.494. The largest absolute Gasteiger partial charge is 0.508 e.